The van der Waals surface area contributed by atoms with Gasteiger partial charge in [0.1, 0.15) is 11.5 Å². The summed E-state index contributed by atoms with van der Waals surface area (Å²) < 4.78 is 37.0. The number of rotatable bonds is 8. The minimum absolute atomic E-state index is 0.0949. The molecule has 0 saturated carbocycles. The first-order valence-electron chi connectivity index (χ1n) is 8.03. The summed E-state index contributed by atoms with van der Waals surface area (Å²) in [4.78, 5) is 12.1. The van der Waals surface area contributed by atoms with Crippen LogP contribution in [0.25, 0.3) is 0 Å². The highest BCUT2D eigenvalue weighted by Gasteiger charge is 2.22. The van der Waals surface area contributed by atoms with Gasteiger partial charge in [-0.2, -0.15) is 9.41 Å². The topological polar surface area (TPSA) is 97.3 Å². The minimum atomic E-state index is -3.78. The first-order valence-corrected chi connectivity index (χ1v) is 10.3. The van der Waals surface area contributed by atoms with E-state index in [0.29, 0.717) is 17.1 Å². The predicted octanol–water partition coefficient (Wildman–Crippen LogP) is 2.24. The van der Waals surface area contributed by atoms with E-state index in [1.165, 1.54) is 32.5 Å². The van der Waals surface area contributed by atoms with E-state index >= 15 is 0 Å². The third-order valence-corrected chi connectivity index (χ3v) is 6.07. The summed E-state index contributed by atoms with van der Waals surface area (Å²) in [5.74, 6) is 0.567. The van der Waals surface area contributed by atoms with Gasteiger partial charge in [0, 0.05) is 23.2 Å². The SMILES string of the molecule is COc1ccc(/C=N\NC(=O)CN(C)S(=O)(=O)c2ccc(Br)cc2)c(OC)c1. The largest absolute Gasteiger partial charge is 0.497 e. The molecule has 0 heterocycles. The van der Waals surface area contributed by atoms with E-state index in [0.717, 1.165) is 8.78 Å². The lowest BCUT2D eigenvalue weighted by atomic mass is 10.2. The number of carbonyl (C=O) groups is 1. The molecule has 150 valence electrons. The van der Waals surface area contributed by atoms with Crippen LogP contribution in [-0.4, -0.2) is 52.7 Å². The maximum absolute atomic E-state index is 12.5. The highest BCUT2D eigenvalue weighted by atomic mass is 79.9. The van der Waals surface area contributed by atoms with Crippen molar-refractivity contribution in [2.75, 3.05) is 27.8 Å². The number of nitrogens with one attached hydrogen (secondary N) is 1. The number of methoxy groups -OCH3 is 2. The maximum Gasteiger partial charge on any atom is 0.255 e. The Balaban J connectivity index is 2.00. The van der Waals surface area contributed by atoms with Gasteiger partial charge in [0.25, 0.3) is 5.91 Å². The van der Waals surface area contributed by atoms with E-state index in [2.05, 4.69) is 26.5 Å². The quantitative estimate of drug-likeness (QED) is 0.472. The lowest BCUT2D eigenvalue weighted by Crippen LogP contribution is -2.36. The monoisotopic (exact) mass is 469 g/mol. The molecule has 1 amide bonds. The van der Waals surface area contributed by atoms with Crippen LogP contribution in [0.15, 0.2) is 56.9 Å². The molecule has 0 atom stereocenters. The number of hydrazone groups is 1. The standard InChI is InChI=1S/C18H20BrN3O5S/c1-22(28(24,25)16-8-5-14(19)6-9-16)12-18(23)21-20-11-13-4-7-15(26-2)10-17(13)27-3/h4-11H,12H2,1-3H3,(H,21,23)/b20-11-. The smallest absolute Gasteiger partial charge is 0.255 e. The van der Waals surface area contributed by atoms with Crippen molar-refractivity contribution in [3.63, 3.8) is 0 Å². The molecule has 2 aromatic rings. The zero-order valence-electron chi connectivity index (χ0n) is 15.5. The van der Waals surface area contributed by atoms with Gasteiger partial charge in [-0.05, 0) is 36.4 Å². The number of ether oxygens (including phenoxy) is 2. The fraction of sp³-hybridized carbons (Fsp3) is 0.222. The molecule has 2 rings (SSSR count). The fourth-order valence-corrected chi connectivity index (χ4v) is 3.60. The third kappa shape index (κ3) is 5.54. The number of halogens is 1. The van der Waals surface area contributed by atoms with Gasteiger partial charge in [0.05, 0.1) is 31.9 Å². The van der Waals surface area contributed by atoms with Gasteiger partial charge in [-0.25, -0.2) is 13.8 Å². The summed E-state index contributed by atoms with van der Waals surface area (Å²) in [6.45, 7) is -0.379. The van der Waals surface area contributed by atoms with Crippen molar-refractivity contribution < 1.29 is 22.7 Å². The first-order chi connectivity index (χ1) is 13.3. The van der Waals surface area contributed by atoms with Gasteiger partial charge in [-0.3, -0.25) is 4.79 Å². The molecule has 28 heavy (non-hydrogen) atoms. The molecule has 0 saturated heterocycles. The van der Waals surface area contributed by atoms with Crippen LogP contribution in [0.3, 0.4) is 0 Å². The second-order valence-electron chi connectivity index (χ2n) is 5.62. The van der Waals surface area contributed by atoms with Crippen LogP contribution in [0.1, 0.15) is 5.56 Å². The predicted molar refractivity (Wildman–Crippen MR) is 109 cm³/mol. The van der Waals surface area contributed by atoms with Gasteiger partial charge >= 0.3 is 0 Å². The number of hydrogen-bond donors (Lipinski definition) is 1. The summed E-state index contributed by atoms with van der Waals surface area (Å²) in [7, 11) is 0.596. The van der Waals surface area contributed by atoms with E-state index in [9.17, 15) is 13.2 Å². The second-order valence-corrected chi connectivity index (χ2v) is 8.58. The number of sulfonamides is 1. The second kappa shape index (κ2) is 9.67. The molecule has 10 heteroatoms. The number of hydrogen-bond acceptors (Lipinski definition) is 6. The van der Waals surface area contributed by atoms with Gasteiger partial charge in [0.15, 0.2) is 0 Å². The number of nitrogens with zero attached hydrogens (tertiary/aromatic N) is 2. The molecular formula is C18H20BrN3O5S. The van der Waals surface area contributed by atoms with Crippen LogP contribution in [0.4, 0.5) is 0 Å². The van der Waals surface area contributed by atoms with Gasteiger partial charge in [-0.1, -0.05) is 15.9 Å². The van der Waals surface area contributed by atoms with Crippen molar-refractivity contribution in [2.24, 2.45) is 5.10 Å². The molecule has 0 aliphatic carbocycles. The molecule has 1 N–H and O–H groups in total. The Kier molecular flexibility index (Phi) is 7.55. The highest BCUT2D eigenvalue weighted by molar-refractivity contribution is 9.10. The van der Waals surface area contributed by atoms with E-state index in [-0.39, 0.29) is 11.4 Å². The average molecular weight is 470 g/mol. The summed E-state index contributed by atoms with van der Waals surface area (Å²) in [6.07, 6.45) is 1.40. The van der Waals surface area contributed by atoms with Gasteiger partial charge in [0.2, 0.25) is 10.0 Å². The van der Waals surface area contributed by atoms with Crippen molar-refractivity contribution in [3.05, 3.63) is 52.5 Å². The molecular weight excluding hydrogens is 450 g/mol. The molecule has 0 spiro atoms. The first kappa shape index (κ1) is 21.9. The third-order valence-electron chi connectivity index (χ3n) is 3.72. The Morgan fingerprint density at radius 2 is 1.86 bits per heavy atom. The number of benzene rings is 2. The Morgan fingerprint density at radius 3 is 2.46 bits per heavy atom. The molecule has 0 aliphatic rings. The lowest BCUT2D eigenvalue weighted by Gasteiger charge is -2.16. The van der Waals surface area contributed by atoms with E-state index < -0.39 is 15.9 Å². The van der Waals surface area contributed by atoms with Crippen molar-refractivity contribution in [1.29, 1.82) is 0 Å². The molecule has 0 unspecified atom stereocenters. The van der Waals surface area contributed by atoms with Crippen molar-refractivity contribution in [3.8, 4) is 11.5 Å². The molecule has 0 aliphatic heterocycles. The molecule has 0 radical (unpaired) electrons. The summed E-state index contributed by atoms with van der Waals surface area (Å²) in [5, 5.41) is 3.85. The molecule has 2 aromatic carbocycles. The van der Waals surface area contributed by atoms with Crippen LogP contribution in [-0.2, 0) is 14.8 Å². The van der Waals surface area contributed by atoms with Gasteiger partial charge in [-0.15, -0.1) is 0 Å². The van der Waals surface area contributed by atoms with Crippen LogP contribution in [0.5, 0.6) is 11.5 Å². The van der Waals surface area contributed by atoms with Crippen LogP contribution in [0.2, 0.25) is 0 Å². The van der Waals surface area contributed by atoms with Crippen LogP contribution < -0.4 is 14.9 Å². The molecule has 0 fully saturated rings. The van der Waals surface area contributed by atoms with Crippen LogP contribution in [0, 0.1) is 0 Å². The Morgan fingerprint density at radius 1 is 1.18 bits per heavy atom. The van der Waals surface area contributed by atoms with E-state index in [1.807, 2.05) is 0 Å². The molecule has 0 aromatic heterocycles. The highest BCUT2D eigenvalue weighted by Crippen LogP contribution is 2.23. The Bertz CT molecular complexity index is 962. The van der Waals surface area contributed by atoms with Crippen LogP contribution >= 0.6 is 15.9 Å². The summed E-state index contributed by atoms with van der Waals surface area (Å²) >= 11 is 3.25. The number of likely N-dealkylation sites (N-methyl/N-ethyl adjacent to an activating group) is 1. The van der Waals surface area contributed by atoms with Gasteiger partial charge < -0.3 is 9.47 Å². The fourth-order valence-electron chi connectivity index (χ4n) is 2.21. The lowest BCUT2D eigenvalue weighted by molar-refractivity contribution is -0.121. The molecule has 0 bridgehead atoms. The van der Waals surface area contributed by atoms with Crippen molar-refractivity contribution in [1.82, 2.24) is 9.73 Å². The minimum Gasteiger partial charge on any atom is -0.497 e. The average Bonchev–Trinajstić information content (AvgIpc) is 2.68. The molecule has 8 nitrogen and oxygen atoms in total. The Hall–Kier alpha value is -2.43. The zero-order chi connectivity index (χ0) is 20.7. The zero-order valence-corrected chi connectivity index (χ0v) is 18.0. The van der Waals surface area contributed by atoms with E-state index in [1.54, 1.807) is 37.4 Å². The summed E-state index contributed by atoms with van der Waals surface area (Å²) in [5.41, 5.74) is 2.93. The summed E-state index contributed by atoms with van der Waals surface area (Å²) in [6, 6.07) is 11.3. The van der Waals surface area contributed by atoms with E-state index in [4.69, 9.17) is 9.47 Å². The number of amides is 1. The Labute approximate surface area is 172 Å². The van der Waals surface area contributed by atoms with Crippen molar-refractivity contribution in [2.45, 2.75) is 4.90 Å². The van der Waals surface area contributed by atoms with Crippen molar-refractivity contribution >= 4 is 38.1 Å². The number of carbonyl (C=O) groups excluding carboxylic acids is 1. The maximum atomic E-state index is 12.5. The normalized spacial score (nSPS) is 11.6.